The van der Waals surface area contributed by atoms with E-state index in [4.69, 9.17) is 9.47 Å². The second-order valence-electron chi connectivity index (χ2n) is 7.04. The Labute approximate surface area is 143 Å². The number of hydrogen-bond donors (Lipinski definition) is 1. The van der Waals surface area contributed by atoms with E-state index in [0.29, 0.717) is 11.5 Å². The molecule has 1 aliphatic heterocycles. The van der Waals surface area contributed by atoms with Gasteiger partial charge in [0.15, 0.2) is 11.5 Å². The normalized spacial score (nSPS) is 15.0. The van der Waals surface area contributed by atoms with Gasteiger partial charge in [0.05, 0.1) is 21.1 Å². The minimum atomic E-state index is -0.747. The number of rotatable bonds is 5. The van der Waals surface area contributed by atoms with Crippen LogP contribution in [0.1, 0.15) is 22.8 Å². The first-order valence-corrected chi connectivity index (χ1v) is 8.07. The predicted molar refractivity (Wildman–Crippen MR) is 94.7 cm³/mol. The van der Waals surface area contributed by atoms with Gasteiger partial charge in [-0.25, -0.2) is 0 Å². The van der Waals surface area contributed by atoms with Crippen LogP contribution in [0.3, 0.4) is 0 Å². The summed E-state index contributed by atoms with van der Waals surface area (Å²) in [7, 11) is 6.38. The zero-order chi connectivity index (χ0) is 17.2. The van der Waals surface area contributed by atoms with Gasteiger partial charge in [-0.15, -0.1) is 0 Å². The maximum absolute atomic E-state index is 10.8. The van der Waals surface area contributed by atoms with E-state index in [1.807, 2.05) is 48.5 Å². The van der Waals surface area contributed by atoms with Crippen molar-refractivity contribution in [1.29, 1.82) is 0 Å². The van der Waals surface area contributed by atoms with E-state index in [0.717, 1.165) is 27.7 Å². The lowest BCUT2D eigenvalue weighted by Crippen LogP contribution is -2.33. The molecule has 24 heavy (non-hydrogen) atoms. The van der Waals surface area contributed by atoms with Crippen molar-refractivity contribution >= 4 is 6.08 Å². The molecule has 4 nitrogen and oxygen atoms in total. The molecule has 126 valence electrons. The van der Waals surface area contributed by atoms with Crippen LogP contribution in [0.25, 0.3) is 6.08 Å². The molecule has 0 radical (unpaired) electrons. The SMILES string of the molecule is C[N+](C)(C)Cc1ccc2c(c1C(O)/C=C/c1ccccc1)OCO2. The standard InChI is InChI=1S/C20H24NO3/c1-21(2,3)13-16-10-12-18-20(24-14-23-18)19(16)17(22)11-9-15-7-5-4-6-8-15/h4-12,17,22H,13-14H2,1-3H3/q+1/b11-9+. The highest BCUT2D eigenvalue weighted by Gasteiger charge is 2.26. The Morgan fingerprint density at radius 2 is 1.83 bits per heavy atom. The predicted octanol–water partition coefficient (Wildman–Crippen LogP) is 3.37. The number of nitrogens with zero attached hydrogens (tertiary/aromatic N) is 1. The molecule has 1 heterocycles. The van der Waals surface area contributed by atoms with Gasteiger partial charge in [0.2, 0.25) is 6.79 Å². The van der Waals surface area contributed by atoms with E-state index in [9.17, 15) is 5.11 Å². The Hall–Kier alpha value is -2.30. The Balaban J connectivity index is 1.95. The van der Waals surface area contributed by atoms with Crippen LogP contribution in [-0.4, -0.2) is 37.5 Å². The second kappa shape index (κ2) is 6.67. The number of quaternary nitrogens is 1. The molecule has 0 bridgehead atoms. The number of aliphatic hydroxyl groups excluding tert-OH is 1. The summed E-state index contributed by atoms with van der Waals surface area (Å²) in [6, 6.07) is 13.9. The van der Waals surface area contributed by atoms with Gasteiger partial charge in [0, 0.05) is 11.1 Å². The minimum absolute atomic E-state index is 0.200. The molecular formula is C20H24NO3+. The molecule has 1 atom stereocenters. The van der Waals surface area contributed by atoms with Gasteiger partial charge >= 0.3 is 0 Å². The number of fused-ring (bicyclic) bond motifs is 1. The van der Waals surface area contributed by atoms with Gasteiger partial charge in [-0.05, 0) is 17.7 Å². The molecule has 2 aromatic rings. The van der Waals surface area contributed by atoms with Gasteiger partial charge in [-0.1, -0.05) is 42.5 Å². The zero-order valence-corrected chi connectivity index (χ0v) is 14.4. The van der Waals surface area contributed by atoms with E-state index >= 15 is 0 Å². The molecule has 0 fully saturated rings. The summed E-state index contributed by atoms with van der Waals surface area (Å²) in [5, 5.41) is 10.8. The van der Waals surface area contributed by atoms with E-state index < -0.39 is 6.10 Å². The van der Waals surface area contributed by atoms with Crippen molar-refractivity contribution in [2.75, 3.05) is 27.9 Å². The maximum Gasteiger partial charge on any atom is 0.231 e. The van der Waals surface area contributed by atoms with E-state index in [2.05, 4.69) is 21.1 Å². The molecule has 2 aromatic carbocycles. The summed E-state index contributed by atoms with van der Waals surface area (Å²) in [6.45, 7) is 0.994. The summed E-state index contributed by atoms with van der Waals surface area (Å²) in [4.78, 5) is 0. The lowest BCUT2D eigenvalue weighted by atomic mass is 9.98. The van der Waals surface area contributed by atoms with E-state index in [-0.39, 0.29) is 6.79 Å². The quantitative estimate of drug-likeness (QED) is 0.856. The third-order valence-corrected chi connectivity index (χ3v) is 3.88. The van der Waals surface area contributed by atoms with Gasteiger partial charge < -0.3 is 19.1 Å². The van der Waals surface area contributed by atoms with Crippen LogP contribution < -0.4 is 9.47 Å². The van der Waals surface area contributed by atoms with Crippen LogP contribution in [0.5, 0.6) is 11.5 Å². The van der Waals surface area contributed by atoms with E-state index in [1.165, 1.54) is 0 Å². The Bertz CT molecular complexity index is 733. The Kier molecular flexibility index (Phi) is 4.60. The summed E-state index contributed by atoms with van der Waals surface area (Å²) in [5.41, 5.74) is 2.91. The van der Waals surface area contributed by atoms with Crippen molar-refractivity contribution < 1.29 is 19.1 Å². The number of aliphatic hydroxyl groups is 1. The molecule has 0 saturated carbocycles. The maximum atomic E-state index is 10.8. The fourth-order valence-corrected chi connectivity index (χ4v) is 2.87. The fraction of sp³-hybridized carbons (Fsp3) is 0.300. The number of benzene rings is 2. The van der Waals surface area contributed by atoms with Crippen LogP contribution in [0.15, 0.2) is 48.5 Å². The Morgan fingerprint density at radius 1 is 1.08 bits per heavy atom. The monoisotopic (exact) mass is 326 g/mol. The first-order valence-electron chi connectivity index (χ1n) is 8.07. The van der Waals surface area contributed by atoms with Crippen LogP contribution in [0.4, 0.5) is 0 Å². The van der Waals surface area contributed by atoms with Gasteiger partial charge in [0.25, 0.3) is 0 Å². The zero-order valence-electron chi connectivity index (χ0n) is 14.4. The molecule has 0 saturated heterocycles. The Morgan fingerprint density at radius 3 is 2.54 bits per heavy atom. The average Bonchev–Trinajstić information content (AvgIpc) is 3.00. The molecule has 0 aliphatic carbocycles. The van der Waals surface area contributed by atoms with Crippen LogP contribution in [-0.2, 0) is 6.54 Å². The third kappa shape index (κ3) is 3.78. The van der Waals surface area contributed by atoms with Crippen molar-refractivity contribution in [3.8, 4) is 11.5 Å². The first-order chi connectivity index (χ1) is 11.4. The first kappa shape index (κ1) is 16.6. The van der Waals surface area contributed by atoms with Crippen molar-refractivity contribution in [2.24, 2.45) is 0 Å². The van der Waals surface area contributed by atoms with E-state index in [1.54, 1.807) is 6.08 Å². The van der Waals surface area contributed by atoms with Crippen LogP contribution in [0.2, 0.25) is 0 Å². The summed E-state index contributed by atoms with van der Waals surface area (Å²) >= 11 is 0. The third-order valence-electron chi connectivity index (χ3n) is 3.88. The van der Waals surface area contributed by atoms with Crippen molar-refractivity contribution in [3.63, 3.8) is 0 Å². The van der Waals surface area contributed by atoms with Crippen molar-refractivity contribution in [1.82, 2.24) is 0 Å². The van der Waals surface area contributed by atoms with Gasteiger partial charge in [-0.2, -0.15) is 0 Å². The smallest absolute Gasteiger partial charge is 0.231 e. The average molecular weight is 326 g/mol. The largest absolute Gasteiger partial charge is 0.454 e. The molecule has 1 aliphatic rings. The van der Waals surface area contributed by atoms with Gasteiger partial charge in [0.1, 0.15) is 12.6 Å². The number of ether oxygens (including phenoxy) is 2. The molecular weight excluding hydrogens is 302 g/mol. The van der Waals surface area contributed by atoms with Crippen molar-refractivity contribution in [3.05, 3.63) is 65.2 Å². The molecule has 1 unspecified atom stereocenters. The molecule has 0 aromatic heterocycles. The lowest BCUT2D eigenvalue weighted by molar-refractivity contribution is -0.884. The minimum Gasteiger partial charge on any atom is -0.454 e. The molecule has 1 N–H and O–H groups in total. The molecule has 0 spiro atoms. The highest BCUT2D eigenvalue weighted by molar-refractivity contribution is 5.56. The topological polar surface area (TPSA) is 38.7 Å². The molecule has 4 heteroatoms. The molecule has 3 rings (SSSR count). The van der Waals surface area contributed by atoms with Crippen molar-refractivity contribution in [2.45, 2.75) is 12.6 Å². The van der Waals surface area contributed by atoms with Crippen LogP contribution >= 0.6 is 0 Å². The lowest BCUT2D eigenvalue weighted by Gasteiger charge is -2.26. The summed E-state index contributed by atoms with van der Waals surface area (Å²) in [6.07, 6.45) is 2.98. The second-order valence-corrected chi connectivity index (χ2v) is 7.04. The fourth-order valence-electron chi connectivity index (χ4n) is 2.87. The number of hydrogen-bond acceptors (Lipinski definition) is 3. The van der Waals surface area contributed by atoms with Crippen LogP contribution in [0, 0.1) is 0 Å². The van der Waals surface area contributed by atoms with Gasteiger partial charge in [-0.3, -0.25) is 0 Å². The molecule has 0 amide bonds. The highest BCUT2D eigenvalue weighted by atomic mass is 16.7. The summed E-state index contributed by atoms with van der Waals surface area (Å²) in [5.74, 6) is 1.36. The highest BCUT2D eigenvalue weighted by Crippen LogP contribution is 2.41. The summed E-state index contributed by atoms with van der Waals surface area (Å²) < 4.78 is 11.9.